The molecule has 3 nitrogen and oxygen atoms in total. The first kappa shape index (κ1) is 13.0. The average Bonchev–Trinajstić information content (AvgIpc) is 2.84. The zero-order valence-electron chi connectivity index (χ0n) is 11.4. The van der Waals surface area contributed by atoms with Crippen molar-refractivity contribution in [1.82, 2.24) is 13.9 Å². The zero-order valence-corrected chi connectivity index (χ0v) is 13.0. The van der Waals surface area contributed by atoms with E-state index < -0.39 is 0 Å². The number of halogens is 1. The van der Waals surface area contributed by atoms with Crippen LogP contribution in [0.5, 0.6) is 0 Å². The van der Waals surface area contributed by atoms with E-state index in [1.165, 1.54) is 37.6 Å². The molecule has 0 radical (unpaired) electrons. The van der Waals surface area contributed by atoms with Crippen LogP contribution in [0.25, 0.3) is 11.0 Å². The minimum atomic E-state index is 0.742. The van der Waals surface area contributed by atoms with Crippen molar-refractivity contribution in [2.45, 2.75) is 49.8 Å². The highest BCUT2D eigenvalue weighted by atomic mass is 35.5. The van der Waals surface area contributed by atoms with Crippen LogP contribution < -0.4 is 0 Å². The van der Waals surface area contributed by atoms with E-state index in [0.717, 1.165) is 34.8 Å². The Kier molecular flexibility index (Phi) is 3.41. The molecule has 0 spiro atoms. The maximum Gasteiger partial charge on any atom is 0.184 e. The normalized spacial score (nSPS) is 21.2. The third-order valence-corrected chi connectivity index (χ3v) is 5.83. The Balaban J connectivity index is 1.63. The first-order valence-corrected chi connectivity index (χ1v) is 8.57. The SMILES string of the molecule is Clc1ccc2c(c1)nc1n2CCN(C2CCCCC2)S1. The molecular weight excluding hydrogens is 290 g/mol. The minimum absolute atomic E-state index is 0.742. The van der Waals surface area contributed by atoms with Crippen LogP contribution in [0.2, 0.25) is 5.02 Å². The van der Waals surface area contributed by atoms with E-state index in [1.54, 1.807) is 0 Å². The fourth-order valence-corrected chi connectivity index (χ4v) is 4.68. The number of fused-ring (bicyclic) bond motifs is 3. The molecule has 0 unspecified atom stereocenters. The van der Waals surface area contributed by atoms with Crippen LogP contribution in [-0.2, 0) is 6.54 Å². The molecule has 0 atom stereocenters. The van der Waals surface area contributed by atoms with Gasteiger partial charge in [0, 0.05) is 24.2 Å². The van der Waals surface area contributed by atoms with Gasteiger partial charge in [-0.3, -0.25) is 0 Å². The molecule has 0 saturated heterocycles. The van der Waals surface area contributed by atoms with Crippen LogP contribution in [0.15, 0.2) is 23.4 Å². The molecule has 2 aromatic rings. The highest BCUT2D eigenvalue weighted by Gasteiger charge is 2.27. The van der Waals surface area contributed by atoms with Crippen molar-refractivity contribution < 1.29 is 0 Å². The van der Waals surface area contributed by atoms with Gasteiger partial charge in [0.15, 0.2) is 5.16 Å². The van der Waals surface area contributed by atoms with E-state index in [0.29, 0.717) is 0 Å². The van der Waals surface area contributed by atoms with Gasteiger partial charge in [0.1, 0.15) is 0 Å². The van der Waals surface area contributed by atoms with E-state index >= 15 is 0 Å². The van der Waals surface area contributed by atoms with Crippen LogP contribution in [0, 0.1) is 0 Å². The van der Waals surface area contributed by atoms with E-state index in [4.69, 9.17) is 16.6 Å². The van der Waals surface area contributed by atoms with Gasteiger partial charge in [-0.05, 0) is 43.0 Å². The lowest BCUT2D eigenvalue weighted by molar-refractivity contribution is 0.255. The number of benzene rings is 1. The molecule has 1 aliphatic carbocycles. The lowest BCUT2D eigenvalue weighted by Crippen LogP contribution is -2.36. The first-order valence-electron chi connectivity index (χ1n) is 7.42. The van der Waals surface area contributed by atoms with Crippen LogP contribution >= 0.6 is 23.5 Å². The molecule has 1 aliphatic heterocycles. The second-order valence-corrected chi connectivity index (χ2v) is 7.16. The van der Waals surface area contributed by atoms with Crippen LogP contribution in [0.3, 0.4) is 0 Å². The summed E-state index contributed by atoms with van der Waals surface area (Å²) in [6, 6.07) is 6.75. The van der Waals surface area contributed by atoms with Crippen molar-refractivity contribution >= 4 is 34.6 Å². The highest BCUT2D eigenvalue weighted by molar-refractivity contribution is 7.96. The smallest absolute Gasteiger partial charge is 0.184 e. The monoisotopic (exact) mass is 307 g/mol. The molecule has 0 N–H and O–H groups in total. The molecule has 20 heavy (non-hydrogen) atoms. The predicted molar refractivity (Wildman–Crippen MR) is 84.2 cm³/mol. The lowest BCUT2D eigenvalue weighted by atomic mass is 9.95. The summed E-state index contributed by atoms with van der Waals surface area (Å²) in [7, 11) is 0. The molecule has 1 aromatic heterocycles. The van der Waals surface area contributed by atoms with Crippen LogP contribution in [0.4, 0.5) is 0 Å². The standard InChI is InChI=1S/C15H18ClN3S/c16-11-6-7-14-13(10-11)17-15-18(14)8-9-19(20-15)12-4-2-1-3-5-12/h6-7,10,12H,1-5,8-9H2. The fraction of sp³-hybridized carbons (Fsp3) is 0.533. The minimum Gasteiger partial charge on any atom is -0.317 e. The van der Waals surface area contributed by atoms with E-state index in [2.05, 4.69) is 14.9 Å². The second kappa shape index (κ2) is 5.24. The summed E-state index contributed by atoms with van der Waals surface area (Å²) in [6.07, 6.45) is 6.87. The molecular formula is C15H18ClN3S. The summed E-state index contributed by atoms with van der Waals surface area (Å²) in [4.78, 5) is 4.76. The maximum absolute atomic E-state index is 6.07. The Morgan fingerprint density at radius 1 is 1.15 bits per heavy atom. The average molecular weight is 308 g/mol. The van der Waals surface area contributed by atoms with Crippen molar-refractivity contribution in [1.29, 1.82) is 0 Å². The molecule has 4 rings (SSSR count). The molecule has 2 aliphatic rings. The Bertz CT molecular complexity index is 633. The first-order chi connectivity index (χ1) is 9.81. The summed E-state index contributed by atoms with van der Waals surface area (Å²) in [5, 5.41) is 1.89. The summed E-state index contributed by atoms with van der Waals surface area (Å²) in [5.74, 6) is 0. The number of hydrogen-bond donors (Lipinski definition) is 0. The molecule has 2 heterocycles. The molecule has 1 aromatic carbocycles. The number of nitrogens with zero attached hydrogens (tertiary/aromatic N) is 3. The fourth-order valence-electron chi connectivity index (χ4n) is 3.34. The lowest BCUT2D eigenvalue weighted by Gasteiger charge is -2.35. The highest BCUT2D eigenvalue weighted by Crippen LogP contribution is 2.36. The third kappa shape index (κ3) is 2.24. The quantitative estimate of drug-likeness (QED) is 0.731. The van der Waals surface area contributed by atoms with Gasteiger partial charge < -0.3 is 4.57 Å². The largest absolute Gasteiger partial charge is 0.317 e. The van der Waals surface area contributed by atoms with Crippen molar-refractivity contribution in [2.24, 2.45) is 0 Å². The number of rotatable bonds is 1. The van der Waals surface area contributed by atoms with E-state index in [-0.39, 0.29) is 0 Å². The molecule has 0 bridgehead atoms. The van der Waals surface area contributed by atoms with Gasteiger partial charge in [-0.2, -0.15) is 0 Å². The Hall–Kier alpha value is -0.710. The van der Waals surface area contributed by atoms with Crippen LogP contribution in [0.1, 0.15) is 32.1 Å². The molecule has 5 heteroatoms. The van der Waals surface area contributed by atoms with Gasteiger partial charge >= 0.3 is 0 Å². The molecule has 0 amide bonds. The molecule has 1 fully saturated rings. The van der Waals surface area contributed by atoms with E-state index in [9.17, 15) is 0 Å². The summed E-state index contributed by atoms with van der Waals surface area (Å²) >= 11 is 7.90. The zero-order chi connectivity index (χ0) is 13.5. The van der Waals surface area contributed by atoms with Gasteiger partial charge in [0.2, 0.25) is 0 Å². The van der Waals surface area contributed by atoms with Crippen molar-refractivity contribution in [3.63, 3.8) is 0 Å². The maximum atomic E-state index is 6.07. The van der Waals surface area contributed by atoms with E-state index in [1.807, 2.05) is 24.1 Å². The molecule has 106 valence electrons. The Labute approximate surface area is 128 Å². The van der Waals surface area contributed by atoms with Crippen molar-refractivity contribution in [3.8, 4) is 0 Å². The Morgan fingerprint density at radius 3 is 2.85 bits per heavy atom. The van der Waals surface area contributed by atoms with Crippen LogP contribution in [-0.4, -0.2) is 26.4 Å². The third-order valence-electron chi connectivity index (χ3n) is 4.40. The number of hydrogen-bond acceptors (Lipinski definition) is 3. The van der Waals surface area contributed by atoms with Gasteiger partial charge in [-0.25, -0.2) is 9.29 Å². The van der Waals surface area contributed by atoms with Gasteiger partial charge in [-0.1, -0.05) is 30.9 Å². The number of aromatic nitrogens is 2. The Morgan fingerprint density at radius 2 is 2.00 bits per heavy atom. The van der Waals surface area contributed by atoms with Gasteiger partial charge in [0.25, 0.3) is 0 Å². The summed E-state index contributed by atoms with van der Waals surface area (Å²) < 4.78 is 4.89. The summed E-state index contributed by atoms with van der Waals surface area (Å²) in [6.45, 7) is 2.16. The topological polar surface area (TPSA) is 21.1 Å². The summed E-state index contributed by atoms with van der Waals surface area (Å²) in [5.41, 5.74) is 2.23. The molecule has 1 saturated carbocycles. The predicted octanol–water partition coefficient (Wildman–Crippen LogP) is 4.35. The second-order valence-electron chi connectivity index (χ2n) is 5.70. The van der Waals surface area contributed by atoms with Crippen molar-refractivity contribution in [2.75, 3.05) is 6.54 Å². The number of imidazole rings is 1. The van der Waals surface area contributed by atoms with Gasteiger partial charge in [0.05, 0.1) is 11.0 Å². The van der Waals surface area contributed by atoms with Crippen molar-refractivity contribution in [3.05, 3.63) is 23.2 Å². The van der Waals surface area contributed by atoms with Gasteiger partial charge in [-0.15, -0.1) is 0 Å².